The number of halogens is 3. The van der Waals surface area contributed by atoms with Crippen molar-refractivity contribution in [3.63, 3.8) is 0 Å². The molecular formula is C22H23F3O5S2. The Kier molecular flexibility index (Phi) is 13.7. The number of esters is 1. The zero-order valence-electron chi connectivity index (χ0n) is 18.1. The average molecular weight is 489 g/mol. The van der Waals surface area contributed by atoms with E-state index >= 15 is 0 Å². The standard InChI is InChI=1S/C10H9FS.C8H8F2O.C3H6O2S.CO2/c1-6-5-8-3-4-9(11)7(2)10(8)12-6;1-5-6(9)3-4-7(11-2)8(5)10;1-5-3(4)2-6;2-1-3/h3-5H,1-2H3;3-4H,1-2H3;6H,2H2,1H3;. The summed E-state index contributed by atoms with van der Waals surface area (Å²) in [6, 6.07) is 7.90. The van der Waals surface area contributed by atoms with Gasteiger partial charge in [-0.1, -0.05) is 6.07 Å². The lowest BCUT2D eigenvalue weighted by atomic mass is 10.2. The molecule has 0 amide bonds. The van der Waals surface area contributed by atoms with Gasteiger partial charge in [-0.2, -0.15) is 22.2 Å². The maximum Gasteiger partial charge on any atom is 0.373 e. The van der Waals surface area contributed by atoms with Gasteiger partial charge < -0.3 is 9.47 Å². The minimum atomic E-state index is -0.632. The number of ether oxygens (including phenoxy) is 2. The minimum Gasteiger partial charge on any atom is -0.494 e. The van der Waals surface area contributed by atoms with Crippen LogP contribution in [0.3, 0.4) is 0 Å². The first-order valence-electron chi connectivity index (χ1n) is 8.88. The molecular weight excluding hydrogens is 465 g/mol. The molecule has 0 saturated heterocycles. The van der Waals surface area contributed by atoms with E-state index in [4.69, 9.17) is 9.59 Å². The summed E-state index contributed by atoms with van der Waals surface area (Å²) >= 11 is 5.27. The molecule has 0 N–H and O–H groups in total. The molecule has 0 radical (unpaired) electrons. The largest absolute Gasteiger partial charge is 0.494 e. The Hall–Kier alpha value is -2.81. The Labute approximate surface area is 193 Å². The fraction of sp³-hybridized carbons (Fsp3) is 0.273. The number of fused-ring (bicyclic) bond motifs is 1. The molecule has 0 saturated carbocycles. The summed E-state index contributed by atoms with van der Waals surface area (Å²) in [6.45, 7) is 5.24. The first kappa shape index (κ1) is 29.2. The molecule has 3 rings (SSSR count). The predicted molar refractivity (Wildman–Crippen MR) is 120 cm³/mol. The number of methoxy groups -OCH3 is 2. The van der Waals surface area contributed by atoms with Crippen LogP contribution in [0.15, 0.2) is 30.3 Å². The highest BCUT2D eigenvalue weighted by Crippen LogP contribution is 2.29. The fourth-order valence-corrected chi connectivity index (χ4v) is 3.34. The number of hydrogen-bond acceptors (Lipinski definition) is 7. The highest BCUT2D eigenvalue weighted by molar-refractivity contribution is 7.81. The van der Waals surface area contributed by atoms with Crippen LogP contribution < -0.4 is 4.74 Å². The van der Waals surface area contributed by atoms with Gasteiger partial charge in [0.2, 0.25) is 0 Å². The smallest absolute Gasteiger partial charge is 0.373 e. The van der Waals surface area contributed by atoms with E-state index in [2.05, 4.69) is 28.2 Å². The Bertz CT molecular complexity index is 1060. The third kappa shape index (κ3) is 9.13. The van der Waals surface area contributed by atoms with Crippen molar-refractivity contribution in [1.29, 1.82) is 0 Å². The fourth-order valence-electron chi connectivity index (χ4n) is 2.21. The molecule has 0 unspecified atom stereocenters. The van der Waals surface area contributed by atoms with Crippen molar-refractivity contribution < 1.29 is 37.0 Å². The molecule has 174 valence electrons. The SMILES string of the molecule is COC(=O)CS.COc1ccc(F)c(C)c1F.Cc1cc2ccc(F)c(C)c2s1.O=C=O. The number of carbonyl (C=O) groups excluding carboxylic acids is 3. The van der Waals surface area contributed by atoms with Crippen LogP contribution in [0.1, 0.15) is 16.0 Å². The van der Waals surface area contributed by atoms with Crippen LogP contribution in [0.4, 0.5) is 13.2 Å². The molecule has 2 aromatic carbocycles. The first-order valence-corrected chi connectivity index (χ1v) is 10.3. The van der Waals surface area contributed by atoms with Gasteiger partial charge in [0.25, 0.3) is 0 Å². The molecule has 1 aromatic heterocycles. The van der Waals surface area contributed by atoms with Crippen molar-refractivity contribution in [3.05, 3.63) is 63.8 Å². The third-order valence-electron chi connectivity index (χ3n) is 3.85. The van der Waals surface area contributed by atoms with Gasteiger partial charge in [0.05, 0.1) is 20.0 Å². The van der Waals surface area contributed by atoms with Crippen molar-refractivity contribution in [2.24, 2.45) is 0 Å². The van der Waals surface area contributed by atoms with Crippen molar-refractivity contribution in [2.45, 2.75) is 20.8 Å². The Morgan fingerprint density at radius 3 is 2.00 bits per heavy atom. The van der Waals surface area contributed by atoms with Gasteiger partial charge in [-0.15, -0.1) is 11.3 Å². The number of thiol groups is 1. The van der Waals surface area contributed by atoms with Crippen LogP contribution in [-0.2, 0) is 19.1 Å². The second-order valence-electron chi connectivity index (χ2n) is 5.95. The van der Waals surface area contributed by atoms with Crippen molar-refractivity contribution in [3.8, 4) is 5.75 Å². The molecule has 0 fully saturated rings. The lowest BCUT2D eigenvalue weighted by molar-refractivity contribution is -0.191. The normalized spacial score (nSPS) is 9.16. The molecule has 3 aromatic rings. The summed E-state index contributed by atoms with van der Waals surface area (Å²) in [6.07, 6.45) is 0.250. The molecule has 10 heteroatoms. The second kappa shape index (κ2) is 15.1. The monoisotopic (exact) mass is 488 g/mol. The molecule has 5 nitrogen and oxygen atoms in total. The Balaban J connectivity index is 0.000000445. The number of aryl methyl sites for hydroxylation is 2. The van der Waals surface area contributed by atoms with Gasteiger partial charge in [-0.25, -0.2) is 13.2 Å². The number of thiophene rings is 1. The zero-order valence-corrected chi connectivity index (χ0v) is 19.8. The molecule has 0 aliphatic heterocycles. The van der Waals surface area contributed by atoms with Crippen LogP contribution in [0.25, 0.3) is 10.1 Å². The number of carbonyl (C=O) groups is 1. The van der Waals surface area contributed by atoms with E-state index in [0.717, 1.165) is 15.6 Å². The van der Waals surface area contributed by atoms with Gasteiger partial charge >= 0.3 is 12.1 Å². The Morgan fingerprint density at radius 1 is 1.00 bits per heavy atom. The summed E-state index contributed by atoms with van der Waals surface area (Å²) in [5, 5.41) is 1.15. The van der Waals surface area contributed by atoms with Crippen molar-refractivity contribution in [2.75, 3.05) is 20.0 Å². The van der Waals surface area contributed by atoms with E-state index in [0.29, 0.717) is 0 Å². The lowest BCUT2D eigenvalue weighted by Gasteiger charge is -2.03. The molecule has 0 atom stereocenters. The number of hydrogen-bond donors (Lipinski definition) is 1. The van der Waals surface area contributed by atoms with E-state index in [1.807, 2.05) is 19.9 Å². The molecule has 0 bridgehead atoms. The Morgan fingerprint density at radius 2 is 1.53 bits per heavy atom. The molecule has 1 heterocycles. The van der Waals surface area contributed by atoms with Crippen LogP contribution in [0.2, 0.25) is 0 Å². The summed E-state index contributed by atoms with van der Waals surface area (Å²) in [7, 11) is 2.67. The maximum atomic E-state index is 13.1. The summed E-state index contributed by atoms with van der Waals surface area (Å²) in [4.78, 5) is 27.4. The van der Waals surface area contributed by atoms with Gasteiger partial charge in [-0.3, -0.25) is 4.79 Å². The second-order valence-corrected chi connectivity index (χ2v) is 7.53. The average Bonchev–Trinajstić information content (AvgIpc) is 3.17. The van der Waals surface area contributed by atoms with E-state index in [9.17, 15) is 18.0 Å². The zero-order chi connectivity index (χ0) is 24.8. The van der Waals surface area contributed by atoms with Crippen molar-refractivity contribution >= 4 is 46.2 Å². The molecule has 32 heavy (non-hydrogen) atoms. The van der Waals surface area contributed by atoms with Crippen LogP contribution in [-0.4, -0.2) is 32.1 Å². The number of benzene rings is 2. The van der Waals surface area contributed by atoms with E-state index < -0.39 is 11.6 Å². The highest BCUT2D eigenvalue weighted by atomic mass is 32.1. The van der Waals surface area contributed by atoms with E-state index in [1.54, 1.807) is 11.3 Å². The summed E-state index contributed by atoms with van der Waals surface area (Å²) in [5.41, 5.74) is 0.759. The van der Waals surface area contributed by atoms with Gasteiger partial charge in [0.1, 0.15) is 11.6 Å². The number of rotatable bonds is 2. The summed E-state index contributed by atoms with van der Waals surface area (Å²) < 4.78 is 48.5. The highest BCUT2D eigenvalue weighted by Gasteiger charge is 2.08. The van der Waals surface area contributed by atoms with Crippen LogP contribution in [0.5, 0.6) is 5.75 Å². The predicted octanol–water partition coefficient (Wildman–Crippen LogP) is 5.44. The third-order valence-corrected chi connectivity index (χ3v) is 5.30. The van der Waals surface area contributed by atoms with Crippen LogP contribution >= 0.6 is 24.0 Å². The maximum absolute atomic E-state index is 13.1. The molecule has 0 aliphatic rings. The quantitative estimate of drug-likeness (QED) is 0.384. The van der Waals surface area contributed by atoms with Gasteiger partial charge in [-0.05, 0) is 50.4 Å². The van der Waals surface area contributed by atoms with Gasteiger partial charge in [0.15, 0.2) is 11.6 Å². The minimum absolute atomic E-state index is 0.00986. The lowest BCUT2D eigenvalue weighted by Crippen LogP contribution is -1.99. The van der Waals surface area contributed by atoms with E-state index in [-0.39, 0.29) is 35.0 Å². The van der Waals surface area contributed by atoms with Crippen LogP contribution in [0, 0.1) is 38.2 Å². The van der Waals surface area contributed by atoms with Gasteiger partial charge in [0, 0.05) is 20.7 Å². The van der Waals surface area contributed by atoms with E-state index in [1.165, 1.54) is 44.2 Å². The summed E-state index contributed by atoms with van der Waals surface area (Å²) in [5.74, 6) is -1.35. The first-order chi connectivity index (χ1) is 15.1. The molecule has 0 spiro atoms. The topological polar surface area (TPSA) is 69.7 Å². The van der Waals surface area contributed by atoms with Crippen molar-refractivity contribution in [1.82, 2.24) is 0 Å². The molecule has 0 aliphatic carbocycles.